The zero-order valence-electron chi connectivity index (χ0n) is 19.7. The first-order valence-electron chi connectivity index (χ1n) is 12.4. The summed E-state index contributed by atoms with van der Waals surface area (Å²) in [6, 6.07) is 12.1. The lowest BCUT2D eigenvalue weighted by Gasteiger charge is -2.36. The van der Waals surface area contributed by atoms with E-state index in [-0.39, 0.29) is 18.0 Å². The van der Waals surface area contributed by atoms with Crippen LogP contribution in [-0.2, 0) is 17.9 Å². The number of piperidine rings is 1. The molecule has 4 rings (SSSR count). The Morgan fingerprint density at radius 3 is 2.45 bits per heavy atom. The van der Waals surface area contributed by atoms with Crippen molar-refractivity contribution in [3.8, 4) is 0 Å². The summed E-state index contributed by atoms with van der Waals surface area (Å²) in [4.78, 5) is 34.3. The lowest BCUT2D eigenvalue weighted by molar-refractivity contribution is -0.137. The van der Waals surface area contributed by atoms with Crippen molar-refractivity contribution in [2.75, 3.05) is 13.1 Å². The molecule has 6 nitrogen and oxygen atoms in total. The molecule has 1 aliphatic carbocycles. The fraction of sp³-hybridized carbons (Fsp3) is 0.519. The number of hydrogen-bond acceptors (Lipinski definition) is 3. The first-order chi connectivity index (χ1) is 16.1. The quantitative estimate of drug-likeness (QED) is 0.698. The van der Waals surface area contributed by atoms with Crippen molar-refractivity contribution in [2.24, 2.45) is 5.92 Å². The Morgan fingerprint density at radius 1 is 1.00 bits per heavy atom. The van der Waals surface area contributed by atoms with E-state index in [1.165, 1.54) is 24.8 Å². The summed E-state index contributed by atoms with van der Waals surface area (Å²) in [5.41, 5.74) is 3.33. The first kappa shape index (κ1) is 23.3. The minimum absolute atomic E-state index is 0.0563. The van der Waals surface area contributed by atoms with E-state index < -0.39 is 0 Å². The Balaban J connectivity index is 1.35. The second-order valence-electron chi connectivity index (χ2n) is 9.53. The molecule has 3 amide bonds. The van der Waals surface area contributed by atoms with E-state index in [9.17, 15) is 9.59 Å². The molecule has 1 aromatic heterocycles. The summed E-state index contributed by atoms with van der Waals surface area (Å²) < 4.78 is 0. The van der Waals surface area contributed by atoms with Gasteiger partial charge in [0.05, 0.1) is 0 Å². The number of amides is 3. The Morgan fingerprint density at radius 2 is 1.76 bits per heavy atom. The van der Waals surface area contributed by atoms with Crippen molar-refractivity contribution < 1.29 is 9.59 Å². The van der Waals surface area contributed by atoms with Crippen molar-refractivity contribution >= 4 is 11.9 Å². The summed E-state index contributed by atoms with van der Waals surface area (Å²) in [6.07, 6.45) is 10.9. The van der Waals surface area contributed by atoms with Crippen molar-refractivity contribution in [3.63, 3.8) is 0 Å². The van der Waals surface area contributed by atoms with Gasteiger partial charge in [0.2, 0.25) is 5.91 Å². The molecule has 0 unspecified atom stereocenters. The van der Waals surface area contributed by atoms with Gasteiger partial charge < -0.3 is 15.1 Å². The third-order valence-electron chi connectivity index (χ3n) is 7.09. The second kappa shape index (κ2) is 11.3. The van der Waals surface area contributed by atoms with Gasteiger partial charge >= 0.3 is 6.03 Å². The maximum Gasteiger partial charge on any atom is 0.318 e. The lowest BCUT2D eigenvalue weighted by Crippen LogP contribution is -2.50. The largest absolute Gasteiger partial charge is 0.342 e. The van der Waals surface area contributed by atoms with Crippen LogP contribution < -0.4 is 5.32 Å². The second-order valence-corrected chi connectivity index (χ2v) is 9.53. The van der Waals surface area contributed by atoms with Crippen LogP contribution in [0.25, 0.3) is 0 Å². The zero-order valence-corrected chi connectivity index (χ0v) is 19.7. The molecule has 1 aromatic carbocycles. The maximum absolute atomic E-state index is 13.3. The van der Waals surface area contributed by atoms with Gasteiger partial charge in [-0.2, -0.15) is 0 Å². The number of aromatic nitrogens is 1. The molecule has 2 aliphatic rings. The van der Waals surface area contributed by atoms with Gasteiger partial charge in [-0.05, 0) is 55.4 Å². The van der Waals surface area contributed by atoms with Crippen LogP contribution in [0.5, 0.6) is 0 Å². The molecule has 0 atom stereocenters. The average molecular weight is 449 g/mol. The van der Waals surface area contributed by atoms with Gasteiger partial charge in [0, 0.05) is 50.5 Å². The molecule has 2 fully saturated rings. The maximum atomic E-state index is 13.3. The number of hydrogen-bond donors (Lipinski definition) is 1. The van der Waals surface area contributed by atoms with Gasteiger partial charge in [-0.25, -0.2) is 4.79 Å². The van der Waals surface area contributed by atoms with Gasteiger partial charge in [0.1, 0.15) is 0 Å². The number of carbonyl (C=O) groups excluding carboxylic acids is 2. The SMILES string of the molecule is Cc1ccccc1CN(Cc1cccnc1)C(=O)NC1CCN(C(=O)C2CCCCC2)CC1. The normalized spacial score (nSPS) is 17.5. The fourth-order valence-electron chi connectivity index (χ4n) is 5.02. The average Bonchev–Trinajstić information content (AvgIpc) is 2.86. The number of nitrogens with zero attached hydrogens (tertiary/aromatic N) is 3. The molecule has 1 saturated carbocycles. The number of nitrogens with one attached hydrogen (secondary N) is 1. The van der Waals surface area contributed by atoms with Crippen LogP contribution in [0.1, 0.15) is 61.6 Å². The van der Waals surface area contributed by atoms with Crippen LogP contribution in [-0.4, -0.2) is 45.9 Å². The molecular formula is C27H36N4O2. The van der Waals surface area contributed by atoms with E-state index >= 15 is 0 Å². The molecule has 0 radical (unpaired) electrons. The highest BCUT2D eigenvalue weighted by molar-refractivity contribution is 5.79. The predicted octanol–water partition coefficient (Wildman–Crippen LogP) is 4.67. The summed E-state index contributed by atoms with van der Waals surface area (Å²) in [5, 5.41) is 3.25. The number of carbonyl (C=O) groups is 2. The monoisotopic (exact) mass is 448 g/mol. The van der Waals surface area contributed by atoms with Crippen LogP contribution in [0.15, 0.2) is 48.8 Å². The predicted molar refractivity (Wildman–Crippen MR) is 129 cm³/mol. The highest BCUT2D eigenvalue weighted by atomic mass is 16.2. The summed E-state index contributed by atoms with van der Waals surface area (Å²) >= 11 is 0. The number of benzene rings is 1. The number of aryl methyl sites for hydroxylation is 1. The molecular weight excluding hydrogens is 412 g/mol. The van der Waals surface area contributed by atoms with Crippen LogP contribution >= 0.6 is 0 Å². The Labute approximate surface area is 197 Å². The number of likely N-dealkylation sites (tertiary alicyclic amines) is 1. The third kappa shape index (κ3) is 6.34. The molecule has 2 aromatic rings. The third-order valence-corrected chi connectivity index (χ3v) is 7.09. The van der Waals surface area contributed by atoms with E-state index in [4.69, 9.17) is 0 Å². The molecule has 1 aliphatic heterocycles. The summed E-state index contributed by atoms with van der Waals surface area (Å²) in [5.74, 6) is 0.547. The highest BCUT2D eigenvalue weighted by Gasteiger charge is 2.30. The van der Waals surface area contributed by atoms with Gasteiger partial charge in [-0.3, -0.25) is 9.78 Å². The van der Waals surface area contributed by atoms with Gasteiger partial charge in [0.15, 0.2) is 0 Å². The van der Waals surface area contributed by atoms with Crippen molar-refractivity contribution in [1.29, 1.82) is 0 Å². The van der Waals surface area contributed by atoms with Crippen molar-refractivity contribution in [1.82, 2.24) is 20.1 Å². The van der Waals surface area contributed by atoms with Gasteiger partial charge in [-0.1, -0.05) is 49.6 Å². The molecule has 176 valence electrons. The van der Waals surface area contributed by atoms with Crippen LogP contribution in [0.3, 0.4) is 0 Å². The first-order valence-corrected chi connectivity index (χ1v) is 12.4. The molecule has 2 heterocycles. The van der Waals surface area contributed by atoms with Crippen LogP contribution in [0.2, 0.25) is 0 Å². The standard InChI is InChI=1S/C27H36N4O2/c1-21-8-5-6-12-24(21)20-31(19-22-9-7-15-28-18-22)27(33)29-25-13-16-30(17-14-25)26(32)23-10-3-2-4-11-23/h5-9,12,15,18,23,25H,2-4,10-11,13-14,16-17,19-20H2,1H3,(H,29,33). The number of urea groups is 1. The summed E-state index contributed by atoms with van der Waals surface area (Å²) in [7, 11) is 0. The summed E-state index contributed by atoms with van der Waals surface area (Å²) in [6.45, 7) is 4.61. The molecule has 1 N–H and O–H groups in total. The Bertz CT molecular complexity index is 919. The number of pyridine rings is 1. The molecule has 6 heteroatoms. The topological polar surface area (TPSA) is 65.5 Å². The smallest absolute Gasteiger partial charge is 0.318 e. The van der Waals surface area contributed by atoms with E-state index in [1.54, 1.807) is 6.20 Å². The molecule has 0 bridgehead atoms. The minimum atomic E-state index is -0.0563. The van der Waals surface area contributed by atoms with Crippen molar-refractivity contribution in [3.05, 3.63) is 65.5 Å². The zero-order chi connectivity index (χ0) is 23.0. The van der Waals surface area contributed by atoms with E-state index in [0.717, 1.165) is 49.9 Å². The fourth-order valence-corrected chi connectivity index (χ4v) is 5.02. The minimum Gasteiger partial charge on any atom is -0.342 e. The van der Waals surface area contributed by atoms with E-state index in [0.29, 0.717) is 19.0 Å². The number of rotatable bonds is 6. The van der Waals surface area contributed by atoms with Crippen LogP contribution in [0, 0.1) is 12.8 Å². The van der Waals surface area contributed by atoms with E-state index in [2.05, 4.69) is 29.4 Å². The van der Waals surface area contributed by atoms with E-state index in [1.807, 2.05) is 40.3 Å². The van der Waals surface area contributed by atoms with Crippen molar-refractivity contribution in [2.45, 2.75) is 71.0 Å². The highest BCUT2D eigenvalue weighted by Crippen LogP contribution is 2.26. The van der Waals surface area contributed by atoms with Gasteiger partial charge in [-0.15, -0.1) is 0 Å². The molecule has 1 saturated heterocycles. The molecule has 33 heavy (non-hydrogen) atoms. The lowest BCUT2D eigenvalue weighted by atomic mass is 9.87. The Kier molecular flexibility index (Phi) is 7.97. The Hall–Kier alpha value is -2.89. The molecule has 0 spiro atoms. The van der Waals surface area contributed by atoms with Gasteiger partial charge in [0.25, 0.3) is 0 Å². The van der Waals surface area contributed by atoms with Crippen LogP contribution in [0.4, 0.5) is 4.79 Å².